The fourth-order valence-electron chi connectivity index (χ4n) is 1.86. The highest BCUT2D eigenvalue weighted by atomic mass is 35.5. The standard InChI is InChI=1S/C16H16Cl2O2/c1-19-15-5-2-12(3-6-15)8-9-20-16-7-4-14(18)10-13(16)11-17/h2-7,10H,8-9,11H2,1H3. The summed E-state index contributed by atoms with van der Waals surface area (Å²) in [6.07, 6.45) is 0.828. The number of methoxy groups -OCH3 is 1. The minimum atomic E-state index is 0.387. The molecule has 4 heteroatoms. The van der Waals surface area contributed by atoms with Crippen LogP contribution < -0.4 is 9.47 Å². The predicted octanol–water partition coefficient (Wildman–Crippen LogP) is 4.71. The fourth-order valence-corrected chi connectivity index (χ4v) is 2.27. The number of ether oxygens (including phenoxy) is 2. The Labute approximate surface area is 129 Å². The van der Waals surface area contributed by atoms with Crippen molar-refractivity contribution in [2.75, 3.05) is 13.7 Å². The minimum Gasteiger partial charge on any atom is -0.497 e. The maximum Gasteiger partial charge on any atom is 0.123 e. The van der Waals surface area contributed by atoms with Gasteiger partial charge in [0.1, 0.15) is 11.5 Å². The molecule has 0 atom stereocenters. The first-order valence-corrected chi connectivity index (χ1v) is 7.24. The summed E-state index contributed by atoms with van der Waals surface area (Å²) in [7, 11) is 1.66. The van der Waals surface area contributed by atoms with Crippen LogP contribution in [0.15, 0.2) is 42.5 Å². The van der Waals surface area contributed by atoms with Crippen LogP contribution >= 0.6 is 23.2 Å². The third-order valence-corrected chi connectivity index (χ3v) is 3.50. The van der Waals surface area contributed by atoms with Crippen LogP contribution in [0.5, 0.6) is 11.5 Å². The monoisotopic (exact) mass is 310 g/mol. The van der Waals surface area contributed by atoms with E-state index in [1.807, 2.05) is 36.4 Å². The molecule has 0 N–H and O–H groups in total. The van der Waals surface area contributed by atoms with Gasteiger partial charge in [0.05, 0.1) is 19.6 Å². The third kappa shape index (κ3) is 4.06. The largest absolute Gasteiger partial charge is 0.497 e. The predicted molar refractivity (Wildman–Crippen MR) is 83.2 cm³/mol. The van der Waals surface area contributed by atoms with Crippen LogP contribution in [0.4, 0.5) is 0 Å². The van der Waals surface area contributed by atoms with Crippen molar-refractivity contribution in [1.82, 2.24) is 0 Å². The van der Waals surface area contributed by atoms with Gasteiger partial charge in [-0.25, -0.2) is 0 Å². The van der Waals surface area contributed by atoms with Crippen molar-refractivity contribution < 1.29 is 9.47 Å². The Morgan fingerprint density at radius 3 is 2.45 bits per heavy atom. The lowest BCUT2D eigenvalue weighted by Crippen LogP contribution is -2.03. The van der Waals surface area contributed by atoms with Crippen LogP contribution in [0.25, 0.3) is 0 Å². The van der Waals surface area contributed by atoms with E-state index in [4.69, 9.17) is 32.7 Å². The average molecular weight is 311 g/mol. The maximum atomic E-state index is 5.93. The highest BCUT2D eigenvalue weighted by molar-refractivity contribution is 6.30. The highest BCUT2D eigenvalue weighted by Crippen LogP contribution is 2.24. The van der Waals surface area contributed by atoms with Crippen molar-refractivity contribution in [3.8, 4) is 11.5 Å². The van der Waals surface area contributed by atoms with Crippen LogP contribution in [0.2, 0.25) is 5.02 Å². The van der Waals surface area contributed by atoms with Crippen LogP contribution in [-0.4, -0.2) is 13.7 Å². The summed E-state index contributed by atoms with van der Waals surface area (Å²) in [5.74, 6) is 2.04. The number of hydrogen-bond donors (Lipinski definition) is 0. The summed E-state index contributed by atoms with van der Waals surface area (Å²) in [5.41, 5.74) is 2.11. The summed E-state index contributed by atoms with van der Waals surface area (Å²) in [5, 5.41) is 0.670. The molecule has 0 spiro atoms. The van der Waals surface area contributed by atoms with E-state index in [-0.39, 0.29) is 0 Å². The van der Waals surface area contributed by atoms with E-state index in [0.717, 1.165) is 23.5 Å². The molecule has 2 aromatic rings. The highest BCUT2D eigenvalue weighted by Gasteiger charge is 2.04. The van der Waals surface area contributed by atoms with Crippen molar-refractivity contribution in [3.63, 3.8) is 0 Å². The number of alkyl halides is 1. The second-order valence-corrected chi connectivity index (χ2v) is 5.04. The molecule has 106 valence electrons. The van der Waals surface area contributed by atoms with Crippen LogP contribution in [0, 0.1) is 0 Å². The van der Waals surface area contributed by atoms with E-state index < -0.39 is 0 Å². The van der Waals surface area contributed by atoms with Crippen LogP contribution in [0.3, 0.4) is 0 Å². The van der Waals surface area contributed by atoms with E-state index in [2.05, 4.69) is 0 Å². The first-order valence-electron chi connectivity index (χ1n) is 6.33. The molecule has 0 bridgehead atoms. The molecule has 0 aliphatic heterocycles. The van der Waals surface area contributed by atoms with E-state index in [0.29, 0.717) is 17.5 Å². The van der Waals surface area contributed by atoms with Crippen molar-refractivity contribution in [2.45, 2.75) is 12.3 Å². The van der Waals surface area contributed by atoms with Gasteiger partial charge in [-0.3, -0.25) is 0 Å². The summed E-state index contributed by atoms with van der Waals surface area (Å²) in [4.78, 5) is 0. The van der Waals surface area contributed by atoms with Crippen molar-refractivity contribution >= 4 is 23.2 Å². The molecule has 0 heterocycles. The number of benzene rings is 2. The Bertz CT molecular complexity index is 553. The van der Waals surface area contributed by atoms with Gasteiger partial charge in [0.2, 0.25) is 0 Å². The van der Waals surface area contributed by atoms with Crippen molar-refractivity contribution in [2.24, 2.45) is 0 Å². The molecule has 2 aromatic carbocycles. The normalized spacial score (nSPS) is 10.3. The van der Waals surface area contributed by atoms with Gasteiger partial charge in [-0.1, -0.05) is 23.7 Å². The number of halogens is 2. The maximum absolute atomic E-state index is 5.93. The molecule has 0 saturated carbocycles. The van der Waals surface area contributed by atoms with E-state index >= 15 is 0 Å². The van der Waals surface area contributed by atoms with Crippen LogP contribution in [-0.2, 0) is 12.3 Å². The van der Waals surface area contributed by atoms with Gasteiger partial charge >= 0.3 is 0 Å². The quantitative estimate of drug-likeness (QED) is 0.719. The van der Waals surface area contributed by atoms with Gasteiger partial charge in [0, 0.05) is 17.0 Å². The summed E-state index contributed by atoms with van der Waals surface area (Å²) < 4.78 is 10.9. The molecule has 0 radical (unpaired) electrons. The smallest absolute Gasteiger partial charge is 0.123 e. The van der Waals surface area contributed by atoms with Gasteiger partial charge in [-0.05, 0) is 35.9 Å². The Hall–Kier alpha value is -1.38. The lowest BCUT2D eigenvalue weighted by atomic mass is 10.1. The lowest BCUT2D eigenvalue weighted by molar-refractivity contribution is 0.319. The molecule has 0 amide bonds. The van der Waals surface area contributed by atoms with E-state index in [9.17, 15) is 0 Å². The molecule has 0 fully saturated rings. The lowest BCUT2D eigenvalue weighted by Gasteiger charge is -2.10. The van der Waals surface area contributed by atoms with Gasteiger partial charge < -0.3 is 9.47 Å². The first kappa shape index (κ1) is 15.0. The van der Waals surface area contributed by atoms with E-state index in [1.165, 1.54) is 5.56 Å². The molecule has 20 heavy (non-hydrogen) atoms. The molecule has 2 nitrogen and oxygen atoms in total. The number of rotatable bonds is 6. The summed E-state index contributed by atoms with van der Waals surface area (Å²) >= 11 is 11.8. The Kier molecular flexibility index (Phi) is 5.57. The molecule has 0 aromatic heterocycles. The Morgan fingerprint density at radius 1 is 1.05 bits per heavy atom. The van der Waals surface area contributed by atoms with Crippen molar-refractivity contribution in [1.29, 1.82) is 0 Å². The second-order valence-electron chi connectivity index (χ2n) is 4.33. The molecular formula is C16H16Cl2O2. The molecule has 0 aliphatic carbocycles. The molecule has 0 aliphatic rings. The summed E-state index contributed by atoms with van der Waals surface area (Å²) in [6, 6.07) is 13.5. The van der Waals surface area contributed by atoms with Gasteiger partial charge in [0.25, 0.3) is 0 Å². The third-order valence-electron chi connectivity index (χ3n) is 2.97. The molecular weight excluding hydrogens is 295 g/mol. The van der Waals surface area contributed by atoms with Gasteiger partial charge in [-0.2, -0.15) is 0 Å². The SMILES string of the molecule is COc1ccc(CCOc2ccc(Cl)cc2CCl)cc1. The zero-order chi connectivity index (χ0) is 14.4. The average Bonchev–Trinajstić information content (AvgIpc) is 2.49. The van der Waals surface area contributed by atoms with Crippen LogP contribution in [0.1, 0.15) is 11.1 Å². The number of hydrogen-bond acceptors (Lipinski definition) is 2. The second kappa shape index (κ2) is 7.41. The van der Waals surface area contributed by atoms with E-state index in [1.54, 1.807) is 13.2 Å². The van der Waals surface area contributed by atoms with Crippen molar-refractivity contribution in [3.05, 3.63) is 58.6 Å². The first-order chi connectivity index (χ1) is 9.72. The summed E-state index contributed by atoms with van der Waals surface area (Å²) in [6.45, 7) is 0.595. The zero-order valence-electron chi connectivity index (χ0n) is 11.2. The Morgan fingerprint density at radius 2 is 1.80 bits per heavy atom. The zero-order valence-corrected chi connectivity index (χ0v) is 12.7. The molecule has 0 saturated heterocycles. The fraction of sp³-hybridized carbons (Fsp3) is 0.250. The minimum absolute atomic E-state index is 0.387. The van der Waals surface area contributed by atoms with Gasteiger partial charge in [-0.15, -0.1) is 11.6 Å². The Balaban J connectivity index is 1.92. The topological polar surface area (TPSA) is 18.5 Å². The molecule has 2 rings (SSSR count). The van der Waals surface area contributed by atoms with Gasteiger partial charge in [0.15, 0.2) is 0 Å². The molecule has 0 unspecified atom stereocenters.